The molecule has 0 aromatic heterocycles. The fourth-order valence-corrected chi connectivity index (χ4v) is 1.87. The monoisotopic (exact) mass is 267 g/mol. The Kier molecular flexibility index (Phi) is 6.33. The van der Waals surface area contributed by atoms with E-state index in [1.807, 2.05) is 20.2 Å². The number of carbonyl (C=O) groups is 1. The third-order valence-electron chi connectivity index (χ3n) is 3.34. The number of allylic oxidation sites excluding steroid dienone is 1. The molecule has 19 heavy (non-hydrogen) atoms. The second-order valence-electron chi connectivity index (χ2n) is 4.83. The highest BCUT2D eigenvalue weighted by Crippen LogP contribution is 2.05. The third-order valence-corrected chi connectivity index (χ3v) is 3.34. The van der Waals surface area contributed by atoms with E-state index in [9.17, 15) is 4.79 Å². The quantitative estimate of drug-likeness (QED) is 0.464. The van der Waals surface area contributed by atoms with Crippen LogP contribution >= 0.6 is 0 Å². The van der Waals surface area contributed by atoms with Crippen molar-refractivity contribution in [3.8, 4) is 6.07 Å². The maximum Gasteiger partial charge on any atom is 0.263 e. The molecule has 1 amide bonds. The standard InChI is InChI=1S/C13H22N4O2/c1-11(16(2)3)12(10-14)13(18)15-4-5-17-6-8-19-9-7-17/h4-9H2,1-3H3,(H,15,18)/p+1/b12-11-. The van der Waals surface area contributed by atoms with Crippen molar-refractivity contribution in [2.45, 2.75) is 6.92 Å². The van der Waals surface area contributed by atoms with E-state index in [1.165, 1.54) is 4.90 Å². The lowest BCUT2D eigenvalue weighted by Crippen LogP contribution is -3.14. The summed E-state index contributed by atoms with van der Waals surface area (Å²) in [6.07, 6.45) is 0. The van der Waals surface area contributed by atoms with Gasteiger partial charge in [-0.2, -0.15) is 5.26 Å². The normalized spacial score (nSPS) is 17.4. The Bertz CT molecular complexity index is 379. The lowest BCUT2D eigenvalue weighted by atomic mass is 10.2. The van der Waals surface area contributed by atoms with Crippen LogP contribution < -0.4 is 10.2 Å². The van der Waals surface area contributed by atoms with Crippen LogP contribution in [0.1, 0.15) is 6.92 Å². The van der Waals surface area contributed by atoms with E-state index in [0.29, 0.717) is 12.2 Å². The van der Waals surface area contributed by atoms with Crippen molar-refractivity contribution in [2.24, 2.45) is 0 Å². The number of amides is 1. The molecule has 0 unspecified atom stereocenters. The van der Waals surface area contributed by atoms with Crippen LogP contribution in [0.15, 0.2) is 11.3 Å². The highest BCUT2D eigenvalue weighted by Gasteiger charge is 2.16. The van der Waals surface area contributed by atoms with Crippen molar-refractivity contribution in [1.29, 1.82) is 5.26 Å². The van der Waals surface area contributed by atoms with Gasteiger partial charge in [0.2, 0.25) is 0 Å². The molecule has 0 aromatic carbocycles. The molecule has 106 valence electrons. The number of quaternary nitrogens is 1. The van der Waals surface area contributed by atoms with Crippen LogP contribution in [0, 0.1) is 11.3 Å². The van der Waals surface area contributed by atoms with Gasteiger partial charge in [-0.05, 0) is 6.92 Å². The number of rotatable bonds is 5. The van der Waals surface area contributed by atoms with Crippen molar-refractivity contribution in [3.63, 3.8) is 0 Å². The lowest BCUT2D eigenvalue weighted by Gasteiger charge is -2.23. The minimum Gasteiger partial charge on any atom is -0.380 e. The number of hydrogen-bond acceptors (Lipinski definition) is 4. The molecule has 2 N–H and O–H groups in total. The highest BCUT2D eigenvalue weighted by molar-refractivity contribution is 5.97. The molecule has 6 nitrogen and oxygen atoms in total. The predicted molar refractivity (Wildman–Crippen MR) is 71.4 cm³/mol. The van der Waals surface area contributed by atoms with Crippen LogP contribution in [0.25, 0.3) is 0 Å². The number of nitriles is 1. The number of hydrogen-bond donors (Lipinski definition) is 2. The van der Waals surface area contributed by atoms with Gasteiger partial charge in [0.15, 0.2) is 0 Å². The minimum atomic E-state index is -0.290. The van der Waals surface area contributed by atoms with Crippen LogP contribution in [0.4, 0.5) is 0 Å². The van der Waals surface area contributed by atoms with E-state index in [4.69, 9.17) is 10.00 Å². The summed E-state index contributed by atoms with van der Waals surface area (Å²) in [5, 5.41) is 11.9. The molecule has 0 aromatic rings. The second-order valence-corrected chi connectivity index (χ2v) is 4.83. The van der Waals surface area contributed by atoms with Gasteiger partial charge in [0.25, 0.3) is 5.91 Å². The first-order valence-electron chi connectivity index (χ1n) is 6.54. The van der Waals surface area contributed by atoms with Crippen molar-refractivity contribution in [1.82, 2.24) is 10.2 Å². The van der Waals surface area contributed by atoms with Gasteiger partial charge in [0.05, 0.1) is 26.3 Å². The Labute approximate surface area is 114 Å². The van der Waals surface area contributed by atoms with Crippen LogP contribution in [0.5, 0.6) is 0 Å². The van der Waals surface area contributed by atoms with E-state index < -0.39 is 0 Å². The SMILES string of the molecule is C/C(=C(\C#N)C(=O)NCC[NH+]1CCOCC1)N(C)C. The summed E-state index contributed by atoms with van der Waals surface area (Å²) in [4.78, 5) is 15.1. The van der Waals surface area contributed by atoms with E-state index >= 15 is 0 Å². The number of nitrogens with one attached hydrogen (secondary N) is 2. The minimum absolute atomic E-state index is 0.182. The molecule has 1 rings (SSSR count). The summed E-state index contributed by atoms with van der Waals surface area (Å²) in [6.45, 7) is 6.75. The summed E-state index contributed by atoms with van der Waals surface area (Å²) in [5.74, 6) is -0.290. The molecule has 1 aliphatic heterocycles. The van der Waals surface area contributed by atoms with E-state index in [0.717, 1.165) is 32.8 Å². The summed E-state index contributed by atoms with van der Waals surface area (Å²) >= 11 is 0. The first kappa shape index (κ1) is 15.5. The molecule has 1 fully saturated rings. The van der Waals surface area contributed by atoms with Crippen molar-refractivity contribution in [3.05, 3.63) is 11.3 Å². The molecule has 0 radical (unpaired) electrons. The smallest absolute Gasteiger partial charge is 0.263 e. The van der Waals surface area contributed by atoms with Crippen molar-refractivity contribution in [2.75, 3.05) is 53.5 Å². The van der Waals surface area contributed by atoms with E-state index in [1.54, 1.807) is 11.8 Å². The lowest BCUT2D eigenvalue weighted by molar-refractivity contribution is -0.906. The van der Waals surface area contributed by atoms with Crippen molar-refractivity contribution >= 4 is 5.91 Å². The molecule has 0 spiro atoms. The maximum atomic E-state index is 11.9. The summed E-state index contributed by atoms with van der Waals surface area (Å²) < 4.78 is 5.28. The third kappa shape index (κ3) is 4.89. The van der Waals surface area contributed by atoms with Crippen LogP contribution in [0.3, 0.4) is 0 Å². The Morgan fingerprint density at radius 1 is 1.42 bits per heavy atom. The Morgan fingerprint density at radius 3 is 2.58 bits per heavy atom. The van der Waals surface area contributed by atoms with Gasteiger partial charge in [-0.15, -0.1) is 0 Å². The molecule has 1 aliphatic rings. The number of morpholine rings is 1. The number of nitrogens with zero attached hydrogens (tertiary/aromatic N) is 2. The highest BCUT2D eigenvalue weighted by atomic mass is 16.5. The fraction of sp³-hybridized carbons (Fsp3) is 0.692. The molecular formula is C13H23N4O2+. The van der Waals surface area contributed by atoms with Gasteiger partial charge >= 0.3 is 0 Å². The zero-order valence-corrected chi connectivity index (χ0v) is 12.0. The first-order valence-corrected chi connectivity index (χ1v) is 6.54. The van der Waals surface area contributed by atoms with Gasteiger partial charge in [-0.25, -0.2) is 0 Å². The van der Waals surface area contributed by atoms with Gasteiger partial charge in [-0.3, -0.25) is 4.79 Å². The molecule has 1 heterocycles. The first-order chi connectivity index (χ1) is 9.06. The average molecular weight is 267 g/mol. The van der Waals surface area contributed by atoms with Gasteiger partial charge in [0, 0.05) is 19.8 Å². The van der Waals surface area contributed by atoms with E-state index in [-0.39, 0.29) is 11.5 Å². The van der Waals surface area contributed by atoms with Crippen LogP contribution in [-0.2, 0) is 9.53 Å². The molecule has 0 saturated carbocycles. The summed E-state index contributed by atoms with van der Waals surface area (Å²) in [5.41, 5.74) is 0.862. The molecule has 0 atom stereocenters. The molecule has 0 aliphatic carbocycles. The predicted octanol–water partition coefficient (Wildman–Crippen LogP) is -1.62. The van der Waals surface area contributed by atoms with Crippen molar-refractivity contribution < 1.29 is 14.4 Å². The zero-order chi connectivity index (χ0) is 14.3. The van der Waals surface area contributed by atoms with Crippen LogP contribution in [0.2, 0.25) is 0 Å². The maximum absolute atomic E-state index is 11.9. The Morgan fingerprint density at radius 2 is 2.05 bits per heavy atom. The van der Waals surface area contributed by atoms with Crippen LogP contribution in [-0.4, -0.2) is 64.3 Å². The topological polar surface area (TPSA) is 69.8 Å². The number of ether oxygens (including phenoxy) is 1. The number of carbonyl (C=O) groups excluding carboxylic acids is 1. The Balaban J connectivity index is 2.41. The second kappa shape index (κ2) is 7.77. The molecular weight excluding hydrogens is 244 g/mol. The summed E-state index contributed by atoms with van der Waals surface area (Å²) in [6, 6.07) is 1.97. The molecule has 6 heteroatoms. The van der Waals surface area contributed by atoms with Gasteiger partial charge in [0.1, 0.15) is 24.7 Å². The fourth-order valence-electron chi connectivity index (χ4n) is 1.87. The van der Waals surface area contributed by atoms with E-state index in [2.05, 4.69) is 5.32 Å². The largest absolute Gasteiger partial charge is 0.380 e. The summed E-state index contributed by atoms with van der Waals surface area (Å²) in [7, 11) is 3.63. The zero-order valence-electron chi connectivity index (χ0n) is 12.0. The average Bonchev–Trinajstić information content (AvgIpc) is 2.40. The van der Waals surface area contributed by atoms with Gasteiger partial charge in [-0.1, -0.05) is 0 Å². The molecule has 0 bridgehead atoms. The molecule has 1 saturated heterocycles. The van der Waals surface area contributed by atoms with Gasteiger partial charge < -0.3 is 19.9 Å². The Hall–Kier alpha value is -1.58.